The summed E-state index contributed by atoms with van der Waals surface area (Å²) in [6, 6.07) is 16.9. The van der Waals surface area contributed by atoms with Crippen LogP contribution in [-0.2, 0) is 27.2 Å². The van der Waals surface area contributed by atoms with Crippen molar-refractivity contribution in [3.05, 3.63) is 60.2 Å². The Morgan fingerprint density at radius 1 is 0.921 bits per heavy atom. The number of amides is 1. The number of hydrogen-bond donors (Lipinski definition) is 1. The molecule has 3 aromatic rings. The first-order chi connectivity index (χ1) is 17.9. The number of benzene rings is 2. The second kappa shape index (κ2) is 12.5. The first kappa shape index (κ1) is 28.6. The Balaban J connectivity index is 1.61. The molecule has 10 heteroatoms. The van der Waals surface area contributed by atoms with E-state index in [2.05, 4.69) is 32.9 Å². The number of esters is 1. The van der Waals surface area contributed by atoms with Gasteiger partial charge >= 0.3 is 12.1 Å². The van der Waals surface area contributed by atoms with E-state index < -0.39 is 29.3 Å². The molecule has 204 valence electrons. The van der Waals surface area contributed by atoms with Crippen molar-refractivity contribution < 1.29 is 23.8 Å². The minimum absolute atomic E-state index is 0.0809. The average Bonchev–Trinajstić information content (AvgIpc) is 3.26. The van der Waals surface area contributed by atoms with Gasteiger partial charge < -0.3 is 19.5 Å². The molecule has 1 N–H and O–H groups in total. The van der Waals surface area contributed by atoms with Crippen LogP contribution in [0.2, 0.25) is 0 Å². The summed E-state index contributed by atoms with van der Waals surface area (Å²) in [6.45, 7) is 11.3. The highest BCUT2D eigenvalue weighted by molar-refractivity contribution is 5.73. The van der Waals surface area contributed by atoms with Crippen molar-refractivity contribution in [3.8, 4) is 17.1 Å². The Hall–Kier alpha value is -3.95. The molecule has 1 atom stereocenters. The van der Waals surface area contributed by atoms with Crippen molar-refractivity contribution in [2.75, 3.05) is 6.61 Å². The minimum atomic E-state index is -0.684. The van der Waals surface area contributed by atoms with Gasteiger partial charge in [-0.25, -0.2) is 4.79 Å². The van der Waals surface area contributed by atoms with Gasteiger partial charge in [0.05, 0.1) is 25.6 Å². The van der Waals surface area contributed by atoms with Crippen LogP contribution in [0.15, 0.2) is 54.6 Å². The number of hydrogen-bond acceptors (Lipinski definition) is 8. The van der Waals surface area contributed by atoms with E-state index in [0.717, 1.165) is 17.7 Å². The first-order valence-corrected chi connectivity index (χ1v) is 12.6. The van der Waals surface area contributed by atoms with E-state index in [1.165, 1.54) is 10.4 Å². The smallest absolute Gasteiger partial charge is 0.407 e. The number of nitrogens with one attached hydrogen (secondary N) is 1. The van der Waals surface area contributed by atoms with Gasteiger partial charge in [0.15, 0.2) is 0 Å². The molecule has 1 heterocycles. The highest BCUT2D eigenvalue weighted by Crippen LogP contribution is 2.19. The van der Waals surface area contributed by atoms with E-state index in [4.69, 9.17) is 14.2 Å². The fourth-order valence-electron chi connectivity index (χ4n) is 3.48. The molecule has 0 radical (unpaired) electrons. The standard InChI is InChI=1S/C28H37N5O5/c1-27(2,3)37-24(34)18-22(29-26(35)38-28(4,5)6)19-33-31-25(30-32-33)21-12-14-23(15-13-21)36-17-16-20-10-8-7-9-11-20/h7-15,22H,16-19H2,1-6H3,(H,29,35)/t22-/m1/s1. The second-order valence-electron chi connectivity index (χ2n) is 10.9. The van der Waals surface area contributed by atoms with Crippen molar-refractivity contribution >= 4 is 12.1 Å². The third kappa shape index (κ3) is 10.2. The summed E-state index contributed by atoms with van der Waals surface area (Å²) in [4.78, 5) is 26.2. The fourth-order valence-corrected chi connectivity index (χ4v) is 3.48. The summed E-state index contributed by atoms with van der Waals surface area (Å²) in [6.07, 6.45) is 0.0945. The molecule has 1 amide bonds. The lowest BCUT2D eigenvalue weighted by Gasteiger charge is -2.24. The van der Waals surface area contributed by atoms with Crippen molar-refractivity contribution in [1.29, 1.82) is 0 Å². The predicted molar refractivity (Wildman–Crippen MR) is 143 cm³/mol. The van der Waals surface area contributed by atoms with E-state index in [-0.39, 0.29) is 13.0 Å². The molecular formula is C28H37N5O5. The summed E-state index contributed by atoms with van der Waals surface area (Å²) < 4.78 is 16.6. The predicted octanol–water partition coefficient (Wildman–Crippen LogP) is 4.59. The topological polar surface area (TPSA) is 117 Å². The van der Waals surface area contributed by atoms with Gasteiger partial charge in [0.25, 0.3) is 0 Å². The van der Waals surface area contributed by atoms with Gasteiger partial charge in [0, 0.05) is 12.0 Å². The molecule has 0 aliphatic rings. The zero-order chi connectivity index (χ0) is 27.8. The van der Waals surface area contributed by atoms with Crippen LogP contribution in [0, 0.1) is 0 Å². The summed E-state index contributed by atoms with van der Waals surface area (Å²) in [5.74, 6) is 0.701. The van der Waals surface area contributed by atoms with Crippen LogP contribution < -0.4 is 10.1 Å². The molecule has 10 nitrogen and oxygen atoms in total. The van der Waals surface area contributed by atoms with Crippen LogP contribution in [0.3, 0.4) is 0 Å². The largest absolute Gasteiger partial charge is 0.493 e. The molecule has 0 aliphatic carbocycles. The molecule has 3 rings (SSSR count). The van der Waals surface area contributed by atoms with Gasteiger partial charge in [-0.3, -0.25) is 4.79 Å². The number of rotatable bonds is 10. The zero-order valence-corrected chi connectivity index (χ0v) is 22.9. The lowest BCUT2D eigenvalue weighted by molar-refractivity contribution is -0.155. The SMILES string of the molecule is CC(C)(C)OC(=O)C[C@H](Cn1nnc(-c2ccc(OCCc3ccccc3)cc2)n1)NC(=O)OC(C)(C)C. The second-order valence-corrected chi connectivity index (χ2v) is 10.9. The Kier molecular flexibility index (Phi) is 9.44. The molecule has 0 aliphatic heterocycles. The number of tetrazole rings is 1. The van der Waals surface area contributed by atoms with E-state index in [0.29, 0.717) is 12.4 Å². The number of carbonyl (C=O) groups is 2. The van der Waals surface area contributed by atoms with Crippen LogP contribution >= 0.6 is 0 Å². The minimum Gasteiger partial charge on any atom is -0.493 e. The van der Waals surface area contributed by atoms with Crippen LogP contribution in [-0.4, -0.2) is 56.1 Å². The highest BCUT2D eigenvalue weighted by Gasteiger charge is 2.25. The molecule has 1 aromatic heterocycles. The van der Waals surface area contributed by atoms with Gasteiger partial charge in [-0.1, -0.05) is 30.3 Å². The van der Waals surface area contributed by atoms with Gasteiger partial charge in [0.2, 0.25) is 5.82 Å². The molecule has 2 aromatic carbocycles. The normalized spacial score (nSPS) is 12.5. The Morgan fingerprint density at radius 3 is 2.21 bits per heavy atom. The Bertz CT molecular complexity index is 1150. The average molecular weight is 524 g/mol. The lowest BCUT2D eigenvalue weighted by Crippen LogP contribution is -2.43. The Morgan fingerprint density at radius 2 is 1.58 bits per heavy atom. The van der Waals surface area contributed by atoms with Crippen LogP contribution in [0.25, 0.3) is 11.4 Å². The van der Waals surface area contributed by atoms with E-state index in [1.54, 1.807) is 41.5 Å². The molecule has 38 heavy (non-hydrogen) atoms. The molecule has 0 fully saturated rings. The van der Waals surface area contributed by atoms with Crippen molar-refractivity contribution in [2.45, 2.75) is 78.2 Å². The molecule has 0 saturated carbocycles. The number of aromatic nitrogens is 4. The van der Waals surface area contributed by atoms with E-state index in [9.17, 15) is 9.59 Å². The van der Waals surface area contributed by atoms with Crippen molar-refractivity contribution in [1.82, 2.24) is 25.5 Å². The van der Waals surface area contributed by atoms with E-state index in [1.807, 2.05) is 42.5 Å². The number of carbonyl (C=O) groups excluding carboxylic acids is 2. The molecule has 0 bridgehead atoms. The molecular weight excluding hydrogens is 486 g/mol. The number of nitrogens with zero attached hydrogens (tertiary/aromatic N) is 4. The quantitative estimate of drug-likeness (QED) is 0.384. The Labute approximate surface area is 223 Å². The molecule has 0 saturated heterocycles. The summed E-state index contributed by atoms with van der Waals surface area (Å²) >= 11 is 0. The third-order valence-electron chi connectivity index (χ3n) is 5.01. The molecule has 0 spiro atoms. The number of alkyl carbamates (subject to hydrolysis) is 1. The lowest BCUT2D eigenvalue weighted by atomic mass is 10.1. The summed E-state index contributed by atoms with van der Waals surface area (Å²) in [5.41, 5.74) is 0.645. The van der Waals surface area contributed by atoms with Gasteiger partial charge in [-0.15, -0.1) is 10.2 Å². The first-order valence-electron chi connectivity index (χ1n) is 12.6. The van der Waals surface area contributed by atoms with Crippen LogP contribution in [0.5, 0.6) is 5.75 Å². The maximum Gasteiger partial charge on any atom is 0.407 e. The van der Waals surface area contributed by atoms with Crippen molar-refractivity contribution in [2.24, 2.45) is 0 Å². The van der Waals surface area contributed by atoms with Crippen LogP contribution in [0.1, 0.15) is 53.5 Å². The summed E-state index contributed by atoms with van der Waals surface area (Å²) in [7, 11) is 0. The van der Waals surface area contributed by atoms with Crippen molar-refractivity contribution in [3.63, 3.8) is 0 Å². The van der Waals surface area contributed by atoms with Crippen LogP contribution in [0.4, 0.5) is 4.79 Å². The van der Waals surface area contributed by atoms with Gasteiger partial charge in [0.1, 0.15) is 17.0 Å². The van der Waals surface area contributed by atoms with Gasteiger partial charge in [-0.05, 0) is 76.6 Å². The maximum atomic E-state index is 12.4. The van der Waals surface area contributed by atoms with Gasteiger partial charge in [-0.2, -0.15) is 4.80 Å². The number of ether oxygens (including phenoxy) is 3. The highest BCUT2D eigenvalue weighted by atomic mass is 16.6. The third-order valence-corrected chi connectivity index (χ3v) is 5.01. The molecule has 0 unspecified atom stereocenters. The monoisotopic (exact) mass is 523 g/mol. The summed E-state index contributed by atoms with van der Waals surface area (Å²) in [5, 5.41) is 15.4. The maximum absolute atomic E-state index is 12.4. The zero-order valence-electron chi connectivity index (χ0n) is 22.9. The van der Waals surface area contributed by atoms with E-state index >= 15 is 0 Å². The fraction of sp³-hybridized carbons (Fsp3) is 0.464.